The van der Waals surface area contributed by atoms with Gasteiger partial charge >= 0.3 is 0 Å². The van der Waals surface area contributed by atoms with E-state index >= 15 is 0 Å². The van der Waals surface area contributed by atoms with E-state index in [1.165, 1.54) is 18.3 Å². The number of pyridine rings is 1. The lowest BCUT2D eigenvalue weighted by Crippen LogP contribution is -2.19. The zero-order chi connectivity index (χ0) is 22.7. The Hall–Kier alpha value is -3.34. The number of halogens is 1. The molecule has 0 aliphatic heterocycles. The minimum atomic E-state index is -3.82. The number of nitrogens with zero attached hydrogens (tertiary/aromatic N) is 3. The predicted octanol–water partition coefficient (Wildman–Crippen LogP) is 4.60. The molecule has 162 valence electrons. The summed E-state index contributed by atoms with van der Waals surface area (Å²) in [4.78, 5) is 12.4. The molecular weight excluding hydrogens is 468 g/mol. The van der Waals surface area contributed by atoms with Crippen LogP contribution in [0.1, 0.15) is 5.69 Å². The van der Waals surface area contributed by atoms with Gasteiger partial charge in [0.2, 0.25) is 5.95 Å². The number of nitrogens with one attached hydrogen (secondary N) is 3. The van der Waals surface area contributed by atoms with Crippen LogP contribution in [0.2, 0.25) is 5.02 Å². The summed E-state index contributed by atoms with van der Waals surface area (Å²) in [5, 5.41) is 7.97. The van der Waals surface area contributed by atoms with E-state index in [-0.39, 0.29) is 10.8 Å². The molecule has 0 radical (unpaired) electrons. The number of benzene rings is 2. The van der Waals surface area contributed by atoms with Crippen LogP contribution >= 0.6 is 23.8 Å². The maximum absolute atomic E-state index is 12.6. The Morgan fingerprint density at radius 2 is 1.72 bits per heavy atom. The Kier molecular flexibility index (Phi) is 6.17. The largest absolute Gasteiger partial charge is 0.332 e. The lowest BCUT2D eigenvalue weighted by Gasteiger charge is -2.13. The van der Waals surface area contributed by atoms with Crippen molar-refractivity contribution < 1.29 is 8.42 Å². The van der Waals surface area contributed by atoms with Gasteiger partial charge in [0.15, 0.2) is 5.11 Å². The van der Waals surface area contributed by atoms with Crippen LogP contribution in [0.4, 0.5) is 17.3 Å². The smallest absolute Gasteiger partial charge is 0.264 e. The fraction of sp³-hybridized carbons (Fsp3) is 0.0476. The second-order valence-corrected chi connectivity index (χ2v) is 9.28. The average molecular weight is 485 g/mol. The van der Waals surface area contributed by atoms with E-state index in [0.717, 1.165) is 16.6 Å². The van der Waals surface area contributed by atoms with E-state index in [1.54, 1.807) is 49.5 Å². The monoisotopic (exact) mass is 484 g/mol. The topological polar surface area (TPSA) is 109 Å². The first-order valence-electron chi connectivity index (χ1n) is 9.35. The van der Waals surface area contributed by atoms with Gasteiger partial charge in [-0.1, -0.05) is 11.6 Å². The van der Waals surface area contributed by atoms with Crippen molar-refractivity contribution in [3.8, 4) is 0 Å². The maximum Gasteiger partial charge on any atom is 0.264 e. The van der Waals surface area contributed by atoms with Crippen LogP contribution in [0.25, 0.3) is 10.9 Å². The van der Waals surface area contributed by atoms with Crippen molar-refractivity contribution in [2.24, 2.45) is 0 Å². The first-order chi connectivity index (χ1) is 15.3. The number of hydrogen-bond acceptors (Lipinski definition) is 6. The molecule has 0 aliphatic rings. The van der Waals surface area contributed by atoms with E-state index in [4.69, 9.17) is 23.8 Å². The van der Waals surface area contributed by atoms with Gasteiger partial charge in [-0.05, 0) is 73.7 Å². The van der Waals surface area contributed by atoms with Gasteiger partial charge in [0.05, 0.1) is 16.1 Å². The van der Waals surface area contributed by atoms with Gasteiger partial charge in [-0.2, -0.15) is 0 Å². The molecule has 8 nitrogen and oxygen atoms in total. The first kappa shape index (κ1) is 21.9. The Balaban J connectivity index is 1.45. The van der Waals surface area contributed by atoms with Crippen molar-refractivity contribution in [3.63, 3.8) is 0 Å². The van der Waals surface area contributed by atoms with Gasteiger partial charge < -0.3 is 10.6 Å². The zero-order valence-electron chi connectivity index (χ0n) is 16.7. The van der Waals surface area contributed by atoms with Crippen molar-refractivity contribution >= 4 is 67.2 Å². The van der Waals surface area contributed by atoms with Gasteiger partial charge in [0.1, 0.15) is 0 Å². The highest BCUT2D eigenvalue weighted by Crippen LogP contribution is 2.25. The van der Waals surface area contributed by atoms with E-state index in [1.807, 2.05) is 6.07 Å². The second-order valence-electron chi connectivity index (χ2n) is 6.75. The molecule has 0 fully saturated rings. The molecular formula is C21H17ClN6O2S2. The molecule has 2 aromatic carbocycles. The number of thiocarbonyl (C=S) groups is 1. The molecule has 0 spiro atoms. The number of aryl methyl sites for hydroxylation is 1. The van der Waals surface area contributed by atoms with Crippen molar-refractivity contribution in [2.75, 3.05) is 15.4 Å². The summed E-state index contributed by atoms with van der Waals surface area (Å²) >= 11 is 11.4. The maximum atomic E-state index is 12.6. The molecule has 4 rings (SSSR count). The summed E-state index contributed by atoms with van der Waals surface area (Å²) < 4.78 is 27.5. The SMILES string of the molecule is Cc1ccnc(NS(=O)(=O)c2ccc(NC(=S)Nc3ccnc4cc(Cl)ccc34)cc2)n1. The lowest BCUT2D eigenvalue weighted by molar-refractivity contribution is 0.601. The van der Waals surface area contributed by atoms with Crippen LogP contribution in [0.5, 0.6) is 0 Å². The molecule has 0 saturated carbocycles. The molecule has 32 heavy (non-hydrogen) atoms. The molecule has 3 N–H and O–H groups in total. The van der Waals surface area contributed by atoms with E-state index < -0.39 is 10.0 Å². The van der Waals surface area contributed by atoms with E-state index in [9.17, 15) is 8.42 Å². The van der Waals surface area contributed by atoms with Crippen molar-refractivity contribution in [2.45, 2.75) is 11.8 Å². The number of anilines is 3. The average Bonchev–Trinajstić information content (AvgIpc) is 2.74. The fourth-order valence-corrected chi connectivity index (χ4v) is 4.25. The first-order valence-corrected chi connectivity index (χ1v) is 11.6. The van der Waals surface area contributed by atoms with Gasteiger partial charge in [-0.15, -0.1) is 0 Å². The molecule has 4 aromatic rings. The molecule has 0 atom stereocenters. The Bertz CT molecular complexity index is 1410. The minimum Gasteiger partial charge on any atom is -0.332 e. The molecule has 0 bridgehead atoms. The predicted molar refractivity (Wildman–Crippen MR) is 131 cm³/mol. The van der Waals surface area contributed by atoms with Crippen molar-refractivity contribution in [1.82, 2.24) is 15.0 Å². The highest BCUT2D eigenvalue weighted by Gasteiger charge is 2.16. The highest BCUT2D eigenvalue weighted by atomic mass is 35.5. The third-order valence-corrected chi connectivity index (χ3v) is 6.18. The molecule has 0 saturated heterocycles. The van der Waals surface area contributed by atoms with Crippen LogP contribution in [-0.2, 0) is 10.0 Å². The molecule has 0 aliphatic carbocycles. The Labute approximate surface area is 195 Å². The van der Waals surface area contributed by atoms with Gasteiger partial charge in [0, 0.05) is 34.2 Å². The van der Waals surface area contributed by atoms with Gasteiger partial charge in [-0.3, -0.25) is 4.98 Å². The van der Waals surface area contributed by atoms with Crippen LogP contribution in [-0.4, -0.2) is 28.5 Å². The number of hydrogen-bond donors (Lipinski definition) is 3. The summed E-state index contributed by atoms with van der Waals surface area (Å²) in [7, 11) is -3.82. The minimum absolute atomic E-state index is 0.0171. The van der Waals surface area contributed by atoms with Gasteiger partial charge in [-0.25, -0.2) is 23.1 Å². The van der Waals surface area contributed by atoms with Gasteiger partial charge in [0.25, 0.3) is 10.0 Å². The normalized spacial score (nSPS) is 11.2. The van der Waals surface area contributed by atoms with Crippen LogP contribution in [0.15, 0.2) is 71.9 Å². The number of fused-ring (bicyclic) bond motifs is 1. The molecule has 2 heterocycles. The summed E-state index contributed by atoms with van der Waals surface area (Å²) in [6, 6.07) is 15.1. The van der Waals surface area contributed by atoms with Crippen molar-refractivity contribution in [1.29, 1.82) is 0 Å². The number of aromatic nitrogens is 3. The summed E-state index contributed by atoms with van der Waals surface area (Å²) in [5.74, 6) is 0.0171. The van der Waals surface area contributed by atoms with Crippen LogP contribution < -0.4 is 15.4 Å². The second kappa shape index (κ2) is 9.03. The van der Waals surface area contributed by atoms with E-state index in [0.29, 0.717) is 21.5 Å². The molecule has 0 amide bonds. The van der Waals surface area contributed by atoms with Crippen LogP contribution in [0.3, 0.4) is 0 Å². The highest BCUT2D eigenvalue weighted by molar-refractivity contribution is 7.92. The Morgan fingerprint density at radius 3 is 2.47 bits per heavy atom. The third kappa shape index (κ3) is 5.10. The zero-order valence-corrected chi connectivity index (χ0v) is 19.1. The molecule has 2 aromatic heterocycles. The summed E-state index contributed by atoms with van der Waals surface area (Å²) in [6.07, 6.45) is 3.15. The summed E-state index contributed by atoms with van der Waals surface area (Å²) in [5.41, 5.74) is 2.79. The molecule has 0 unspecified atom stereocenters. The summed E-state index contributed by atoms with van der Waals surface area (Å²) in [6.45, 7) is 1.75. The van der Waals surface area contributed by atoms with Crippen LogP contribution in [0, 0.1) is 6.92 Å². The van der Waals surface area contributed by atoms with Crippen molar-refractivity contribution in [3.05, 3.63) is 77.7 Å². The number of rotatable bonds is 5. The quantitative estimate of drug-likeness (QED) is 0.353. The Morgan fingerprint density at radius 1 is 0.969 bits per heavy atom. The standard InChI is InChI=1S/C21H17ClN6O2S2/c1-13-8-10-24-20(25-13)28-32(29,30)16-5-3-15(4-6-16)26-21(31)27-18-9-11-23-19-12-14(22)2-7-17(18)19/h2-12H,1H3,(H,24,25,28)(H2,23,26,27,31). The molecule has 11 heteroatoms. The third-order valence-electron chi connectivity index (χ3n) is 4.40. The fourth-order valence-electron chi connectivity index (χ4n) is 2.91. The van der Waals surface area contributed by atoms with E-state index in [2.05, 4.69) is 30.3 Å². The number of sulfonamides is 1. The lowest BCUT2D eigenvalue weighted by atomic mass is 10.2.